The van der Waals surface area contributed by atoms with Gasteiger partial charge < -0.3 is 9.84 Å². The van der Waals surface area contributed by atoms with E-state index in [1.807, 2.05) is 5.01 Å². The Bertz CT molecular complexity index is 285. The van der Waals surface area contributed by atoms with Gasteiger partial charge in [0.25, 0.3) is 0 Å². The van der Waals surface area contributed by atoms with E-state index in [1.54, 1.807) is 13.8 Å². The van der Waals surface area contributed by atoms with E-state index < -0.39 is 11.4 Å². The van der Waals surface area contributed by atoms with Crippen LogP contribution in [0, 0.1) is 5.41 Å². The summed E-state index contributed by atoms with van der Waals surface area (Å²) < 4.78 is 5.16. The molecule has 0 unspecified atom stereocenters. The second-order valence-corrected chi connectivity index (χ2v) is 5.05. The van der Waals surface area contributed by atoms with Crippen molar-refractivity contribution in [2.24, 2.45) is 5.41 Å². The second-order valence-electron chi connectivity index (χ2n) is 5.05. The molecule has 1 amide bonds. The van der Waals surface area contributed by atoms with Crippen LogP contribution in [0.1, 0.15) is 26.7 Å². The maximum atomic E-state index is 11.7. The van der Waals surface area contributed by atoms with E-state index in [9.17, 15) is 9.59 Å². The fraction of sp³-hybridized carbons (Fsp3) is 0.818. The van der Waals surface area contributed by atoms with Gasteiger partial charge in [0.1, 0.15) is 0 Å². The van der Waals surface area contributed by atoms with E-state index in [1.165, 1.54) is 0 Å². The molecule has 0 bridgehead atoms. The first kappa shape index (κ1) is 13.9. The highest BCUT2D eigenvalue weighted by atomic mass is 16.5. The molecule has 1 fully saturated rings. The molecule has 6 nitrogen and oxygen atoms in total. The van der Waals surface area contributed by atoms with Crippen molar-refractivity contribution in [3.63, 3.8) is 0 Å². The van der Waals surface area contributed by atoms with Crippen LogP contribution in [-0.4, -0.2) is 48.3 Å². The Hall–Kier alpha value is -1.14. The Morgan fingerprint density at radius 1 is 1.29 bits per heavy atom. The number of nitrogens with one attached hydrogen (secondary N) is 1. The van der Waals surface area contributed by atoms with Gasteiger partial charge in [-0.25, -0.2) is 5.01 Å². The van der Waals surface area contributed by atoms with Crippen LogP contribution in [0.3, 0.4) is 0 Å². The summed E-state index contributed by atoms with van der Waals surface area (Å²) in [6, 6.07) is 0. The predicted octanol–water partition coefficient (Wildman–Crippen LogP) is 0.241. The molecular weight excluding hydrogens is 224 g/mol. The summed E-state index contributed by atoms with van der Waals surface area (Å²) in [5.41, 5.74) is 2.24. The molecule has 0 saturated carbocycles. The van der Waals surface area contributed by atoms with Gasteiger partial charge in [0.05, 0.1) is 19.6 Å². The number of rotatable bonds is 5. The summed E-state index contributed by atoms with van der Waals surface area (Å²) in [5.74, 6) is -1.02. The number of carbonyl (C=O) groups is 2. The summed E-state index contributed by atoms with van der Waals surface area (Å²) in [7, 11) is 0. The molecule has 0 atom stereocenters. The average molecular weight is 244 g/mol. The molecule has 0 spiro atoms. The number of carboxylic acids is 1. The molecule has 0 aliphatic carbocycles. The molecule has 0 radical (unpaired) electrons. The lowest BCUT2D eigenvalue weighted by Crippen LogP contribution is -2.49. The maximum absolute atomic E-state index is 11.7. The Balaban J connectivity index is 2.34. The van der Waals surface area contributed by atoms with Crippen LogP contribution in [-0.2, 0) is 14.3 Å². The SMILES string of the molecule is CC(C)(CC(=O)O)CC(=O)NN1CCOCC1. The lowest BCUT2D eigenvalue weighted by molar-refractivity contribution is -0.140. The zero-order valence-corrected chi connectivity index (χ0v) is 10.4. The zero-order chi connectivity index (χ0) is 12.9. The number of hydrogen-bond donors (Lipinski definition) is 2. The quantitative estimate of drug-likeness (QED) is 0.724. The highest BCUT2D eigenvalue weighted by molar-refractivity contribution is 5.77. The minimum atomic E-state index is -0.880. The molecule has 0 aromatic heterocycles. The van der Waals surface area contributed by atoms with Crippen molar-refractivity contribution in [1.82, 2.24) is 10.4 Å². The number of morpholine rings is 1. The molecule has 1 heterocycles. The lowest BCUT2D eigenvalue weighted by atomic mass is 9.85. The molecule has 6 heteroatoms. The Labute approximate surface area is 101 Å². The molecular formula is C11H20N2O4. The Morgan fingerprint density at radius 3 is 2.41 bits per heavy atom. The number of carbonyl (C=O) groups excluding carboxylic acids is 1. The number of amides is 1. The first-order valence-corrected chi connectivity index (χ1v) is 5.73. The van der Waals surface area contributed by atoms with Crippen LogP contribution >= 0.6 is 0 Å². The van der Waals surface area contributed by atoms with Crippen molar-refractivity contribution in [1.29, 1.82) is 0 Å². The molecule has 0 aromatic carbocycles. The zero-order valence-electron chi connectivity index (χ0n) is 10.4. The van der Waals surface area contributed by atoms with Crippen molar-refractivity contribution >= 4 is 11.9 Å². The third-order valence-electron chi connectivity index (χ3n) is 2.56. The highest BCUT2D eigenvalue weighted by Crippen LogP contribution is 2.24. The van der Waals surface area contributed by atoms with Crippen molar-refractivity contribution in [3.05, 3.63) is 0 Å². The van der Waals surface area contributed by atoms with Gasteiger partial charge in [0.2, 0.25) is 5.91 Å². The third kappa shape index (κ3) is 5.65. The van der Waals surface area contributed by atoms with E-state index >= 15 is 0 Å². The van der Waals surface area contributed by atoms with Gasteiger partial charge in [-0.3, -0.25) is 15.0 Å². The Kier molecular flexibility index (Phi) is 4.89. The number of nitrogens with zero attached hydrogens (tertiary/aromatic N) is 1. The summed E-state index contributed by atoms with van der Waals surface area (Å²) >= 11 is 0. The number of ether oxygens (including phenoxy) is 1. The normalized spacial score (nSPS) is 17.8. The standard InChI is InChI=1S/C11H20N2O4/c1-11(2,8-10(15)16)7-9(14)12-13-3-5-17-6-4-13/h3-8H2,1-2H3,(H,12,14)(H,15,16). The molecule has 1 aliphatic rings. The van der Waals surface area contributed by atoms with Gasteiger partial charge in [-0.2, -0.15) is 0 Å². The Morgan fingerprint density at radius 2 is 1.88 bits per heavy atom. The first-order valence-electron chi connectivity index (χ1n) is 5.73. The van der Waals surface area contributed by atoms with Gasteiger partial charge in [0.15, 0.2) is 0 Å². The summed E-state index contributed by atoms with van der Waals surface area (Å²) in [5, 5.41) is 10.5. The first-order chi connectivity index (χ1) is 7.89. The monoisotopic (exact) mass is 244 g/mol. The van der Waals surface area contributed by atoms with Gasteiger partial charge in [-0.15, -0.1) is 0 Å². The number of hydrazine groups is 1. The molecule has 2 N–H and O–H groups in total. The smallest absolute Gasteiger partial charge is 0.303 e. The van der Waals surface area contributed by atoms with E-state index in [4.69, 9.17) is 9.84 Å². The number of hydrogen-bond acceptors (Lipinski definition) is 4. The van der Waals surface area contributed by atoms with Crippen LogP contribution in [0.5, 0.6) is 0 Å². The summed E-state index contributed by atoms with van der Waals surface area (Å²) in [6.07, 6.45) is 0.195. The predicted molar refractivity (Wildman–Crippen MR) is 61.2 cm³/mol. The van der Waals surface area contributed by atoms with Gasteiger partial charge in [-0.1, -0.05) is 13.8 Å². The van der Waals surface area contributed by atoms with Crippen molar-refractivity contribution in [2.75, 3.05) is 26.3 Å². The highest BCUT2D eigenvalue weighted by Gasteiger charge is 2.26. The van der Waals surface area contributed by atoms with E-state index in [0.29, 0.717) is 26.3 Å². The number of aliphatic carboxylic acids is 1. The van der Waals surface area contributed by atoms with Crippen LogP contribution in [0.25, 0.3) is 0 Å². The largest absolute Gasteiger partial charge is 0.481 e. The molecule has 1 aliphatic heterocycles. The van der Waals surface area contributed by atoms with Gasteiger partial charge in [0, 0.05) is 19.5 Å². The summed E-state index contributed by atoms with van der Waals surface area (Å²) in [4.78, 5) is 22.3. The minimum Gasteiger partial charge on any atom is -0.481 e. The van der Waals surface area contributed by atoms with Crippen molar-refractivity contribution in [2.45, 2.75) is 26.7 Å². The van der Waals surface area contributed by atoms with Gasteiger partial charge >= 0.3 is 5.97 Å². The molecule has 98 valence electrons. The maximum Gasteiger partial charge on any atom is 0.303 e. The molecule has 1 saturated heterocycles. The molecule has 1 rings (SSSR count). The van der Waals surface area contributed by atoms with E-state index in [2.05, 4.69) is 5.43 Å². The minimum absolute atomic E-state index is 0.0104. The van der Waals surface area contributed by atoms with Crippen LogP contribution in [0.2, 0.25) is 0 Å². The molecule has 17 heavy (non-hydrogen) atoms. The van der Waals surface area contributed by atoms with E-state index in [0.717, 1.165) is 0 Å². The van der Waals surface area contributed by atoms with Crippen LogP contribution in [0.4, 0.5) is 0 Å². The fourth-order valence-corrected chi connectivity index (χ4v) is 1.80. The third-order valence-corrected chi connectivity index (χ3v) is 2.56. The van der Waals surface area contributed by atoms with Crippen molar-refractivity contribution in [3.8, 4) is 0 Å². The van der Waals surface area contributed by atoms with Crippen LogP contribution in [0.15, 0.2) is 0 Å². The second kappa shape index (κ2) is 5.97. The number of carboxylic acid groups (broad SMARTS) is 1. The topological polar surface area (TPSA) is 78.9 Å². The fourth-order valence-electron chi connectivity index (χ4n) is 1.80. The molecule has 0 aromatic rings. The van der Waals surface area contributed by atoms with Crippen LogP contribution < -0.4 is 5.43 Å². The van der Waals surface area contributed by atoms with Crippen molar-refractivity contribution < 1.29 is 19.4 Å². The lowest BCUT2D eigenvalue weighted by Gasteiger charge is -2.29. The van der Waals surface area contributed by atoms with Gasteiger partial charge in [-0.05, 0) is 5.41 Å². The average Bonchev–Trinajstić information content (AvgIpc) is 2.15. The van der Waals surface area contributed by atoms with E-state index in [-0.39, 0.29) is 18.7 Å². The summed E-state index contributed by atoms with van der Waals surface area (Å²) in [6.45, 7) is 6.12.